The van der Waals surface area contributed by atoms with E-state index in [4.69, 9.17) is 55.9 Å². The lowest BCUT2D eigenvalue weighted by molar-refractivity contribution is 0.0532. The van der Waals surface area contributed by atoms with E-state index in [0.717, 1.165) is 21.9 Å². The molecule has 4 aromatic heterocycles. The SMILES string of the molecule is CC(C)(C)OC(=O)n1cc(CCl)c2cc(Cl)cnc21.CC(C)(C)OC(=O)n1cc(CCl)c2cc(Cl)cnc21. The standard InChI is InChI=1S/2C13H14Cl2N2O2/c2*1-13(2,3)19-12(18)17-7-8(5-14)10-4-9(15)6-16-11(10)17/h2*4,6-7H,5H2,1-3H3. The summed E-state index contributed by atoms with van der Waals surface area (Å²) in [5.74, 6) is 0.544. The minimum Gasteiger partial charge on any atom is -0.443 e. The van der Waals surface area contributed by atoms with E-state index < -0.39 is 23.4 Å². The molecule has 4 rings (SSSR count). The van der Waals surface area contributed by atoms with Gasteiger partial charge in [-0.15, -0.1) is 23.2 Å². The van der Waals surface area contributed by atoms with Crippen molar-refractivity contribution in [3.63, 3.8) is 0 Å². The lowest BCUT2D eigenvalue weighted by Gasteiger charge is -2.19. The van der Waals surface area contributed by atoms with Crippen LogP contribution in [0.3, 0.4) is 0 Å². The van der Waals surface area contributed by atoms with Gasteiger partial charge in [0.15, 0.2) is 0 Å². The van der Waals surface area contributed by atoms with Crippen LogP contribution in [0.15, 0.2) is 36.9 Å². The number of pyridine rings is 2. The van der Waals surface area contributed by atoms with Crippen LogP contribution in [0, 0.1) is 0 Å². The molecule has 0 aliphatic rings. The second-order valence-electron chi connectivity index (χ2n) is 10.3. The van der Waals surface area contributed by atoms with Crippen molar-refractivity contribution in [3.8, 4) is 0 Å². The van der Waals surface area contributed by atoms with Crippen molar-refractivity contribution in [1.29, 1.82) is 0 Å². The Labute approximate surface area is 240 Å². The first-order chi connectivity index (χ1) is 17.6. The maximum atomic E-state index is 12.1. The molecule has 0 radical (unpaired) electrons. The quantitative estimate of drug-likeness (QED) is 0.214. The Hall–Kier alpha value is -2.52. The van der Waals surface area contributed by atoms with Crippen LogP contribution in [0.4, 0.5) is 9.59 Å². The Morgan fingerprint density at radius 1 is 0.737 bits per heavy atom. The maximum absolute atomic E-state index is 12.1. The number of hydrogen-bond donors (Lipinski definition) is 0. The Kier molecular flexibility index (Phi) is 9.24. The highest BCUT2D eigenvalue weighted by molar-refractivity contribution is 6.31. The molecule has 4 heterocycles. The number of alkyl halides is 2. The maximum Gasteiger partial charge on any atom is 0.420 e. The highest BCUT2D eigenvalue weighted by Gasteiger charge is 2.22. The fraction of sp³-hybridized carbons (Fsp3) is 0.385. The van der Waals surface area contributed by atoms with Gasteiger partial charge in [-0.25, -0.2) is 28.7 Å². The summed E-state index contributed by atoms with van der Waals surface area (Å²) < 4.78 is 13.4. The Bertz CT molecular complexity index is 1370. The first kappa shape index (κ1) is 30.0. The van der Waals surface area contributed by atoms with Crippen LogP contribution in [0.1, 0.15) is 52.7 Å². The van der Waals surface area contributed by atoms with Gasteiger partial charge in [0, 0.05) is 47.3 Å². The van der Waals surface area contributed by atoms with Gasteiger partial charge in [-0.2, -0.15) is 0 Å². The fourth-order valence-corrected chi connectivity index (χ4v) is 4.15. The van der Waals surface area contributed by atoms with Crippen LogP contribution in [-0.4, -0.2) is 42.5 Å². The van der Waals surface area contributed by atoms with Crippen molar-refractivity contribution in [2.45, 2.75) is 64.5 Å². The van der Waals surface area contributed by atoms with E-state index in [0.29, 0.717) is 21.3 Å². The van der Waals surface area contributed by atoms with Gasteiger partial charge >= 0.3 is 12.2 Å². The molecule has 12 heteroatoms. The van der Waals surface area contributed by atoms with Crippen LogP contribution >= 0.6 is 46.4 Å². The third kappa shape index (κ3) is 7.32. The molecule has 0 N–H and O–H groups in total. The number of rotatable bonds is 2. The largest absolute Gasteiger partial charge is 0.443 e. The average Bonchev–Trinajstić information content (AvgIpc) is 3.35. The first-order valence-corrected chi connectivity index (χ1v) is 13.4. The normalized spacial score (nSPS) is 11.8. The molecular formula is C26H28Cl4N4O4. The lowest BCUT2D eigenvalue weighted by atomic mass is 10.2. The number of aromatic nitrogens is 4. The second kappa shape index (κ2) is 11.7. The minimum atomic E-state index is -0.568. The number of hydrogen-bond acceptors (Lipinski definition) is 6. The van der Waals surface area contributed by atoms with Crippen molar-refractivity contribution in [2.24, 2.45) is 0 Å². The van der Waals surface area contributed by atoms with Gasteiger partial charge in [-0.1, -0.05) is 23.2 Å². The average molecular weight is 602 g/mol. The van der Waals surface area contributed by atoms with Crippen molar-refractivity contribution >= 4 is 80.7 Å². The molecule has 0 aromatic carbocycles. The predicted molar refractivity (Wildman–Crippen MR) is 152 cm³/mol. The second-order valence-corrected chi connectivity index (χ2v) is 11.7. The smallest absolute Gasteiger partial charge is 0.420 e. The molecule has 0 saturated carbocycles. The van der Waals surface area contributed by atoms with E-state index in [1.165, 1.54) is 21.5 Å². The molecule has 0 aliphatic carbocycles. The molecule has 4 aromatic rings. The molecule has 0 atom stereocenters. The summed E-state index contributed by atoms with van der Waals surface area (Å²) in [7, 11) is 0. The zero-order chi connectivity index (χ0) is 28.4. The number of ether oxygens (including phenoxy) is 2. The van der Waals surface area contributed by atoms with Crippen molar-refractivity contribution in [1.82, 2.24) is 19.1 Å². The van der Waals surface area contributed by atoms with Crippen molar-refractivity contribution < 1.29 is 19.1 Å². The molecule has 0 saturated heterocycles. The number of fused-ring (bicyclic) bond motifs is 2. The molecule has 0 bridgehead atoms. The number of carbonyl (C=O) groups excluding carboxylic acids is 2. The first-order valence-electron chi connectivity index (χ1n) is 11.5. The van der Waals surface area contributed by atoms with Gasteiger partial charge in [0.05, 0.1) is 10.0 Å². The van der Waals surface area contributed by atoms with E-state index >= 15 is 0 Å². The summed E-state index contributed by atoms with van der Waals surface area (Å²) in [5.41, 5.74) is 1.43. The zero-order valence-corrected chi connectivity index (χ0v) is 24.8. The molecule has 0 unspecified atom stereocenters. The molecule has 0 fully saturated rings. The van der Waals surface area contributed by atoms with E-state index in [1.54, 1.807) is 24.5 Å². The zero-order valence-electron chi connectivity index (χ0n) is 21.8. The van der Waals surface area contributed by atoms with Crippen LogP contribution < -0.4 is 0 Å². The third-order valence-electron chi connectivity index (χ3n) is 4.85. The number of halogens is 4. The highest BCUT2D eigenvalue weighted by Crippen LogP contribution is 2.26. The predicted octanol–water partition coefficient (Wildman–Crippen LogP) is 8.42. The summed E-state index contributed by atoms with van der Waals surface area (Å²) in [6.45, 7) is 10.9. The Balaban J connectivity index is 0.000000211. The van der Waals surface area contributed by atoms with E-state index in [-0.39, 0.29) is 11.8 Å². The van der Waals surface area contributed by atoms with Crippen LogP contribution in [-0.2, 0) is 21.2 Å². The molecule has 0 aliphatic heterocycles. The summed E-state index contributed by atoms with van der Waals surface area (Å²) in [5, 5.41) is 2.52. The fourth-order valence-electron chi connectivity index (χ4n) is 3.41. The van der Waals surface area contributed by atoms with Gasteiger partial charge in [0.1, 0.15) is 22.5 Å². The number of carbonyl (C=O) groups is 2. The van der Waals surface area contributed by atoms with Gasteiger partial charge in [-0.05, 0) is 64.8 Å². The highest BCUT2D eigenvalue weighted by atomic mass is 35.5. The minimum absolute atomic E-state index is 0.272. The van der Waals surface area contributed by atoms with Crippen LogP contribution in [0.5, 0.6) is 0 Å². The van der Waals surface area contributed by atoms with Crippen LogP contribution in [0.2, 0.25) is 10.0 Å². The molecular weight excluding hydrogens is 574 g/mol. The van der Waals surface area contributed by atoms with Gasteiger partial charge in [0.2, 0.25) is 0 Å². The van der Waals surface area contributed by atoms with Crippen LogP contribution in [0.25, 0.3) is 22.1 Å². The molecule has 0 spiro atoms. The summed E-state index contributed by atoms with van der Waals surface area (Å²) >= 11 is 23.6. The summed E-state index contributed by atoms with van der Waals surface area (Å²) in [6.07, 6.45) is 5.28. The molecule has 204 valence electrons. The number of nitrogens with zero attached hydrogens (tertiary/aromatic N) is 4. The summed E-state index contributed by atoms with van der Waals surface area (Å²) in [4.78, 5) is 32.6. The van der Waals surface area contributed by atoms with E-state index in [1.807, 2.05) is 41.5 Å². The Morgan fingerprint density at radius 2 is 1.08 bits per heavy atom. The molecule has 0 amide bonds. The third-order valence-corrected chi connectivity index (χ3v) is 5.84. The Morgan fingerprint density at radius 3 is 1.37 bits per heavy atom. The topological polar surface area (TPSA) is 88.2 Å². The van der Waals surface area contributed by atoms with Gasteiger partial charge < -0.3 is 9.47 Å². The lowest BCUT2D eigenvalue weighted by Crippen LogP contribution is -2.26. The van der Waals surface area contributed by atoms with E-state index in [9.17, 15) is 9.59 Å². The van der Waals surface area contributed by atoms with E-state index in [2.05, 4.69) is 9.97 Å². The van der Waals surface area contributed by atoms with Crippen molar-refractivity contribution in [3.05, 3.63) is 58.1 Å². The summed E-state index contributed by atoms with van der Waals surface area (Å²) in [6, 6.07) is 3.48. The monoisotopic (exact) mass is 600 g/mol. The molecule has 38 heavy (non-hydrogen) atoms. The van der Waals surface area contributed by atoms with Gasteiger partial charge in [-0.3, -0.25) is 0 Å². The molecule has 8 nitrogen and oxygen atoms in total. The van der Waals surface area contributed by atoms with Gasteiger partial charge in [0.25, 0.3) is 0 Å². The van der Waals surface area contributed by atoms with Crippen molar-refractivity contribution in [2.75, 3.05) is 0 Å².